The van der Waals surface area contributed by atoms with Crippen molar-refractivity contribution in [2.45, 2.75) is 12.5 Å². The van der Waals surface area contributed by atoms with Gasteiger partial charge in [0, 0.05) is 26.3 Å². The van der Waals surface area contributed by atoms with Crippen LogP contribution in [-0.4, -0.2) is 18.6 Å². The number of β-lactam (4-membered cyclic amide) rings is 1. The van der Waals surface area contributed by atoms with Crippen LogP contribution in [0.15, 0.2) is 18.2 Å². The molecule has 1 amide bonds. The van der Waals surface area contributed by atoms with Gasteiger partial charge in [-0.1, -0.05) is 29.3 Å². The minimum absolute atomic E-state index is 0.0232. The summed E-state index contributed by atoms with van der Waals surface area (Å²) in [6, 6.07) is 4.06. The summed E-state index contributed by atoms with van der Waals surface area (Å²) in [7, 11) is 1.06. The van der Waals surface area contributed by atoms with Gasteiger partial charge in [0.25, 0.3) is 0 Å². The van der Waals surface area contributed by atoms with E-state index in [-0.39, 0.29) is 6.42 Å². The maximum atomic E-state index is 11.3. The number of nitrogens with zero attached hydrogens (tertiary/aromatic N) is 1. The van der Waals surface area contributed by atoms with Crippen LogP contribution in [0.1, 0.15) is 18.0 Å². The fourth-order valence-corrected chi connectivity index (χ4v) is 3.69. The third-order valence-corrected chi connectivity index (χ3v) is 4.50. The second-order valence-corrected chi connectivity index (χ2v) is 6.69. The highest BCUT2D eigenvalue weighted by Gasteiger charge is 2.46. The van der Waals surface area contributed by atoms with E-state index < -0.39 is 21.2 Å². The van der Waals surface area contributed by atoms with Gasteiger partial charge >= 0.3 is 9.24 Å². The molecule has 1 aliphatic rings. The van der Waals surface area contributed by atoms with Gasteiger partial charge in [0.15, 0.2) is 0 Å². The third kappa shape index (κ3) is 2.25. The van der Waals surface area contributed by atoms with Crippen molar-refractivity contribution >= 4 is 49.0 Å². The van der Waals surface area contributed by atoms with Crippen molar-refractivity contribution in [1.82, 2.24) is 4.31 Å². The van der Waals surface area contributed by atoms with E-state index in [1.807, 2.05) is 0 Å². The Morgan fingerprint density at radius 1 is 1.24 bits per heavy atom. The maximum absolute atomic E-state index is 11.3. The number of carbonyl (C=O) groups is 1. The van der Waals surface area contributed by atoms with Gasteiger partial charge in [-0.05, 0) is 12.1 Å². The van der Waals surface area contributed by atoms with Crippen molar-refractivity contribution in [2.24, 2.45) is 0 Å². The predicted octanol–water partition coefficient (Wildman–Crippen LogP) is 2.75. The van der Waals surface area contributed by atoms with Crippen LogP contribution in [0.3, 0.4) is 0 Å². The van der Waals surface area contributed by atoms with Crippen LogP contribution in [0.2, 0.25) is 10.0 Å². The van der Waals surface area contributed by atoms with Gasteiger partial charge in [-0.25, -0.2) is 4.31 Å². The molecule has 1 aromatic carbocycles. The second-order valence-electron chi connectivity index (χ2n) is 3.49. The topological polar surface area (TPSA) is 54.5 Å². The molecule has 2 rings (SSSR count). The van der Waals surface area contributed by atoms with Crippen LogP contribution in [0, 0.1) is 0 Å². The summed E-state index contributed by atoms with van der Waals surface area (Å²) in [5.41, 5.74) is 0.402. The monoisotopic (exact) mass is 313 g/mol. The van der Waals surface area contributed by atoms with E-state index in [9.17, 15) is 13.2 Å². The molecule has 0 unspecified atom stereocenters. The van der Waals surface area contributed by atoms with Crippen molar-refractivity contribution in [1.29, 1.82) is 0 Å². The highest BCUT2D eigenvalue weighted by molar-refractivity contribution is 8.12. The van der Waals surface area contributed by atoms with Crippen LogP contribution in [0.4, 0.5) is 0 Å². The molecule has 1 fully saturated rings. The van der Waals surface area contributed by atoms with Crippen LogP contribution < -0.4 is 0 Å². The lowest BCUT2D eigenvalue weighted by Crippen LogP contribution is -2.48. The van der Waals surface area contributed by atoms with E-state index in [1.165, 1.54) is 0 Å². The van der Waals surface area contributed by atoms with Crippen molar-refractivity contribution < 1.29 is 13.2 Å². The molecule has 92 valence electrons. The van der Waals surface area contributed by atoms with E-state index in [4.69, 9.17) is 33.9 Å². The summed E-state index contributed by atoms with van der Waals surface area (Å²) in [5, 5.41) is 0.612. The average molecular weight is 315 g/mol. The van der Waals surface area contributed by atoms with E-state index in [2.05, 4.69) is 0 Å². The van der Waals surface area contributed by atoms with Gasteiger partial charge in [0.2, 0.25) is 5.91 Å². The van der Waals surface area contributed by atoms with Gasteiger partial charge in [-0.2, -0.15) is 8.42 Å². The van der Waals surface area contributed by atoms with Gasteiger partial charge < -0.3 is 0 Å². The van der Waals surface area contributed by atoms with E-state index in [0.717, 1.165) is 0 Å². The largest absolute Gasteiger partial charge is 0.324 e. The fourth-order valence-electron chi connectivity index (χ4n) is 1.72. The first-order valence-corrected chi connectivity index (χ1v) is 7.55. The molecule has 1 aliphatic heterocycles. The van der Waals surface area contributed by atoms with Crippen LogP contribution in [-0.2, 0) is 14.0 Å². The Morgan fingerprint density at radius 3 is 2.18 bits per heavy atom. The zero-order chi connectivity index (χ0) is 12.8. The summed E-state index contributed by atoms with van der Waals surface area (Å²) in [6.45, 7) is 0. The Labute approximate surface area is 113 Å². The average Bonchev–Trinajstić information content (AvgIpc) is 2.12. The molecule has 0 radical (unpaired) electrons. The number of amides is 1. The molecule has 8 heteroatoms. The molecule has 0 spiro atoms. The molecule has 0 aliphatic carbocycles. The molecular weight excluding hydrogens is 309 g/mol. The molecule has 0 aromatic heterocycles. The first-order valence-electron chi connectivity index (χ1n) is 4.53. The molecule has 1 saturated heterocycles. The summed E-state index contributed by atoms with van der Waals surface area (Å²) in [6.07, 6.45) is 0.0232. The molecule has 1 aromatic rings. The Balaban J connectivity index is 2.47. The quantitative estimate of drug-likeness (QED) is 0.623. The molecule has 0 saturated carbocycles. The summed E-state index contributed by atoms with van der Waals surface area (Å²) in [4.78, 5) is 11.3. The normalized spacial score (nSPS) is 20.3. The standard InChI is InChI=1S/C9H6Cl3NO3S/c10-5-2-1-3-6(11)9(5)7-4-8(14)13(7)17(12,15)16/h1-3,7H,4H2/t7-/m1/s1. The van der Waals surface area contributed by atoms with Gasteiger partial charge in [-0.15, -0.1) is 0 Å². The maximum Gasteiger partial charge on any atom is 0.324 e. The number of benzene rings is 1. The lowest BCUT2D eigenvalue weighted by molar-refractivity contribution is -0.137. The zero-order valence-corrected chi connectivity index (χ0v) is 11.3. The number of hydrogen-bond donors (Lipinski definition) is 0. The van der Waals surface area contributed by atoms with Crippen molar-refractivity contribution in [3.05, 3.63) is 33.8 Å². The molecule has 4 nitrogen and oxygen atoms in total. The van der Waals surface area contributed by atoms with Gasteiger partial charge in [-0.3, -0.25) is 4.79 Å². The molecule has 1 heterocycles. The summed E-state index contributed by atoms with van der Waals surface area (Å²) >= 11 is 11.9. The summed E-state index contributed by atoms with van der Waals surface area (Å²) in [5.74, 6) is -0.569. The van der Waals surface area contributed by atoms with E-state index >= 15 is 0 Å². The van der Waals surface area contributed by atoms with E-state index in [0.29, 0.717) is 19.9 Å². The third-order valence-electron chi connectivity index (χ3n) is 2.46. The molecule has 1 atom stereocenters. The minimum Gasteiger partial charge on any atom is -0.274 e. The van der Waals surface area contributed by atoms with E-state index in [1.54, 1.807) is 18.2 Å². The Hall–Kier alpha value is -0.490. The lowest BCUT2D eigenvalue weighted by atomic mass is 9.97. The molecule has 0 bridgehead atoms. The smallest absolute Gasteiger partial charge is 0.274 e. The van der Waals surface area contributed by atoms with Crippen molar-refractivity contribution in [3.8, 4) is 0 Å². The fraction of sp³-hybridized carbons (Fsp3) is 0.222. The minimum atomic E-state index is -4.11. The second kappa shape index (κ2) is 4.31. The zero-order valence-electron chi connectivity index (χ0n) is 8.23. The first kappa shape index (κ1) is 13.0. The molecule has 17 heavy (non-hydrogen) atoms. The van der Waals surface area contributed by atoms with Crippen molar-refractivity contribution in [2.75, 3.05) is 0 Å². The molecule has 0 N–H and O–H groups in total. The Morgan fingerprint density at radius 2 is 1.76 bits per heavy atom. The van der Waals surface area contributed by atoms with Crippen LogP contribution in [0.25, 0.3) is 0 Å². The predicted molar refractivity (Wildman–Crippen MR) is 65.4 cm³/mol. The number of carbonyl (C=O) groups excluding carboxylic acids is 1. The highest BCUT2D eigenvalue weighted by atomic mass is 35.7. The first-order chi connectivity index (χ1) is 7.82. The van der Waals surface area contributed by atoms with Crippen LogP contribution in [0.5, 0.6) is 0 Å². The van der Waals surface area contributed by atoms with Gasteiger partial charge in [0.1, 0.15) is 0 Å². The lowest BCUT2D eigenvalue weighted by Gasteiger charge is -2.38. The van der Waals surface area contributed by atoms with Crippen molar-refractivity contribution in [3.63, 3.8) is 0 Å². The van der Waals surface area contributed by atoms with Gasteiger partial charge in [0.05, 0.1) is 12.5 Å². The summed E-state index contributed by atoms with van der Waals surface area (Å²) < 4.78 is 23.0. The molecular formula is C9H6Cl3NO3S. The highest BCUT2D eigenvalue weighted by Crippen LogP contribution is 2.43. The Bertz CT molecular complexity index is 567. The Kier molecular flexibility index (Phi) is 3.29. The number of hydrogen-bond acceptors (Lipinski definition) is 3. The van der Waals surface area contributed by atoms with Crippen LogP contribution >= 0.6 is 33.9 Å². The number of rotatable bonds is 2. The number of halogens is 3. The SMILES string of the molecule is O=C1C[C@H](c2c(Cl)cccc2Cl)N1S(=O)(=O)Cl.